The molecular weight excluding hydrogens is 513 g/mol. The molecule has 1 aliphatic rings. The summed E-state index contributed by atoms with van der Waals surface area (Å²) in [5.41, 5.74) is -2.18. The van der Waals surface area contributed by atoms with Gasteiger partial charge in [-0.1, -0.05) is 23.3 Å². The Kier molecular flexibility index (Phi) is 10.9. The summed E-state index contributed by atoms with van der Waals surface area (Å²) in [7, 11) is -2.47. The van der Waals surface area contributed by atoms with Crippen LogP contribution in [-0.4, -0.2) is 67.4 Å². The number of aromatic nitrogens is 2. The Balaban J connectivity index is 0.000000558. The molecule has 0 aliphatic carbocycles. The fourth-order valence-electron chi connectivity index (χ4n) is 3.14. The van der Waals surface area contributed by atoms with E-state index in [1.165, 1.54) is 30.7 Å². The van der Waals surface area contributed by atoms with E-state index in [-0.39, 0.29) is 17.5 Å². The fraction of sp³-hybridized carbons (Fsp3) is 0.500. The molecule has 1 aromatic carbocycles. The van der Waals surface area contributed by atoms with Gasteiger partial charge in [-0.15, -0.1) is 4.52 Å². The van der Waals surface area contributed by atoms with Gasteiger partial charge in [0.15, 0.2) is 11.0 Å². The molecule has 14 heteroatoms. The molecule has 198 valence electrons. The summed E-state index contributed by atoms with van der Waals surface area (Å²) in [6, 6.07) is 9.04. The third-order valence-corrected chi connectivity index (χ3v) is 6.27. The van der Waals surface area contributed by atoms with Crippen molar-refractivity contribution >= 4 is 26.4 Å². The van der Waals surface area contributed by atoms with Gasteiger partial charge < -0.3 is 24.8 Å². The number of carbonyl (C=O) groups is 1. The Morgan fingerprint density at radius 1 is 1.31 bits per heavy atom. The largest absolute Gasteiger partial charge is 0.613 e. The van der Waals surface area contributed by atoms with Crippen LogP contribution in [0.3, 0.4) is 0 Å². The average molecular weight is 545 g/mol. The van der Waals surface area contributed by atoms with E-state index in [4.69, 9.17) is 31.3 Å². The number of nitrogens with zero attached hydrogens (tertiary/aromatic N) is 1. The number of aliphatic hydroxyl groups is 2. The summed E-state index contributed by atoms with van der Waals surface area (Å²) in [5, 5.41) is 32.2. The maximum absolute atomic E-state index is 12.1. The number of H-pyrrole nitrogens is 1. The van der Waals surface area contributed by atoms with Gasteiger partial charge in [-0.05, 0) is 56.6 Å². The number of carbonyl (C=O) groups excluding carboxylic acids is 1. The number of aliphatic hydroxyl groups excluding tert-OH is 1. The Morgan fingerprint density at radius 2 is 1.94 bits per heavy atom. The summed E-state index contributed by atoms with van der Waals surface area (Å²) >= 11 is 5.07. The zero-order valence-corrected chi connectivity index (χ0v) is 21.9. The molecule has 0 spiro atoms. The first-order chi connectivity index (χ1) is 16.8. The number of nitrogens with one attached hydrogen (secondary N) is 2. The Bertz CT molecular complexity index is 1140. The third-order valence-electron chi connectivity index (χ3n) is 4.98. The number of phenolic OH excluding ortho intramolecular Hbond substituents is 1. The van der Waals surface area contributed by atoms with Crippen molar-refractivity contribution in [1.82, 2.24) is 14.6 Å². The van der Waals surface area contributed by atoms with E-state index in [0.717, 1.165) is 0 Å². The summed E-state index contributed by atoms with van der Waals surface area (Å²) in [4.78, 5) is 25.5. The van der Waals surface area contributed by atoms with E-state index in [1.807, 2.05) is 6.07 Å². The van der Waals surface area contributed by atoms with E-state index in [9.17, 15) is 24.4 Å². The molecule has 0 saturated carbocycles. The van der Waals surface area contributed by atoms with Crippen LogP contribution in [0.25, 0.3) is 0 Å². The zero-order chi connectivity index (χ0) is 27.0. The van der Waals surface area contributed by atoms with Crippen molar-refractivity contribution in [2.75, 3.05) is 6.61 Å². The molecule has 0 amide bonds. The van der Waals surface area contributed by atoms with Crippen molar-refractivity contribution in [3.63, 3.8) is 0 Å². The monoisotopic (exact) mass is 544 g/mol. The highest BCUT2D eigenvalue weighted by Gasteiger charge is 2.54. The highest BCUT2D eigenvalue weighted by molar-refractivity contribution is 7.71. The van der Waals surface area contributed by atoms with Gasteiger partial charge in [0.1, 0.15) is 36.2 Å². The van der Waals surface area contributed by atoms with Gasteiger partial charge in [-0.3, -0.25) is 19.1 Å². The second-order valence-electron chi connectivity index (χ2n) is 8.44. The summed E-state index contributed by atoms with van der Waals surface area (Å²) in [6.45, 7) is 5.87. The van der Waals surface area contributed by atoms with Crippen molar-refractivity contribution in [1.29, 1.82) is 0 Å². The van der Waals surface area contributed by atoms with Crippen molar-refractivity contribution in [3.8, 4) is 5.75 Å². The highest BCUT2D eigenvalue weighted by atomic mass is 32.1. The Morgan fingerprint density at radius 3 is 2.47 bits per heavy atom. The second kappa shape index (κ2) is 13.2. The Labute approximate surface area is 213 Å². The Hall–Kier alpha value is -2.51. The van der Waals surface area contributed by atoms with Gasteiger partial charge in [0, 0.05) is 12.3 Å². The number of benzene rings is 1. The molecule has 1 aromatic heterocycles. The molecule has 6 unspecified atom stereocenters. The minimum Gasteiger partial charge on any atom is -0.508 e. The van der Waals surface area contributed by atoms with Crippen LogP contribution in [-0.2, 0) is 23.4 Å². The highest BCUT2D eigenvalue weighted by Crippen LogP contribution is 2.39. The lowest BCUT2D eigenvalue weighted by molar-refractivity contribution is -0.149. The molecule has 0 bridgehead atoms. The fourth-order valence-corrected chi connectivity index (χ4v) is 4.18. The zero-order valence-electron chi connectivity index (χ0n) is 20.2. The van der Waals surface area contributed by atoms with Crippen LogP contribution < -0.4 is 10.6 Å². The maximum Gasteiger partial charge on any atom is 0.613 e. The molecular formula is C22H31N3O9PS+. The topological polar surface area (TPSA) is 172 Å². The molecule has 2 aromatic rings. The van der Waals surface area contributed by atoms with Crippen LogP contribution in [0.15, 0.2) is 47.4 Å². The van der Waals surface area contributed by atoms with E-state index < -0.39 is 49.8 Å². The molecule has 3 rings (SSSR count). The predicted molar refractivity (Wildman–Crippen MR) is 132 cm³/mol. The average Bonchev–Trinajstić information content (AvgIpc) is 3.01. The molecule has 36 heavy (non-hydrogen) atoms. The lowest BCUT2D eigenvalue weighted by atomic mass is 9.96. The molecule has 0 radical (unpaired) electrons. The number of hydrogen-bond donors (Lipinski definition) is 5. The maximum atomic E-state index is 12.1. The number of esters is 1. The van der Waals surface area contributed by atoms with Gasteiger partial charge in [0.25, 0.3) is 5.56 Å². The first kappa shape index (κ1) is 29.7. The van der Waals surface area contributed by atoms with Crippen molar-refractivity contribution < 1.29 is 38.7 Å². The van der Waals surface area contributed by atoms with Crippen LogP contribution in [0.1, 0.15) is 33.9 Å². The van der Waals surface area contributed by atoms with E-state index in [2.05, 4.69) is 10.1 Å². The molecule has 1 fully saturated rings. The lowest BCUT2D eigenvalue weighted by Crippen LogP contribution is -2.44. The van der Waals surface area contributed by atoms with E-state index >= 15 is 0 Å². The molecule has 1 aliphatic heterocycles. The first-order valence-corrected chi connectivity index (χ1v) is 12.6. The van der Waals surface area contributed by atoms with Crippen molar-refractivity contribution in [3.05, 3.63) is 57.7 Å². The number of ether oxygens (including phenoxy) is 2. The molecule has 12 nitrogen and oxygen atoms in total. The van der Waals surface area contributed by atoms with Gasteiger partial charge in [-0.2, -0.15) is 0 Å². The van der Waals surface area contributed by atoms with Crippen LogP contribution in [0.5, 0.6) is 5.75 Å². The number of hydrogen-bond acceptors (Lipinski definition) is 10. The normalized spacial score (nSPS) is 24.5. The lowest BCUT2D eigenvalue weighted by Gasteiger charge is -2.27. The van der Waals surface area contributed by atoms with Gasteiger partial charge in [0.05, 0.1) is 6.10 Å². The van der Waals surface area contributed by atoms with Crippen LogP contribution in [0.4, 0.5) is 0 Å². The summed E-state index contributed by atoms with van der Waals surface area (Å²) in [5.74, 6) is -0.262. The third kappa shape index (κ3) is 8.27. The van der Waals surface area contributed by atoms with Crippen LogP contribution in [0.2, 0.25) is 0 Å². The van der Waals surface area contributed by atoms with Gasteiger partial charge >= 0.3 is 14.1 Å². The number of aromatic amines is 1. The molecule has 1 saturated heterocycles. The molecule has 6 atom stereocenters. The summed E-state index contributed by atoms with van der Waals surface area (Å²) < 4.78 is 29.2. The van der Waals surface area contributed by atoms with Crippen molar-refractivity contribution in [2.45, 2.75) is 63.9 Å². The minimum absolute atomic E-state index is 0.00164. The number of rotatable bonds is 8. The second-order valence-corrected chi connectivity index (χ2v) is 9.86. The molecule has 2 heterocycles. The van der Waals surface area contributed by atoms with Gasteiger partial charge in [0.2, 0.25) is 0 Å². The van der Waals surface area contributed by atoms with Crippen LogP contribution >= 0.6 is 20.4 Å². The SMILES string of the molecule is CC(C)OC(=O)C(C)N[P+](=O)OCC1OC(n2ccc(=O)[nH]c2=S)C(C)(O)C1O.Oc1ccccc1. The summed E-state index contributed by atoms with van der Waals surface area (Å²) in [6.07, 6.45) is -2.52. The van der Waals surface area contributed by atoms with E-state index in [1.54, 1.807) is 38.1 Å². The minimum atomic E-state index is -2.47. The molecule has 5 N–H and O–H groups in total. The van der Waals surface area contributed by atoms with Crippen LogP contribution in [0, 0.1) is 4.77 Å². The standard InChI is InChI=1S/C16H24N3O8PS.C6H6O/c1-8(2)26-13(22)9(3)18-28(24)25-7-10-12(21)16(4,23)14(27-10)19-6-5-11(20)17-15(19)29;7-6-4-2-1-3-5-6/h5-6,8-10,12,14,21,23H,7H2,1-4H3,(H-,17,18,20,24,29);1-5,7H/p+1. The first-order valence-electron chi connectivity index (χ1n) is 11.0. The quantitative estimate of drug-likeness (QED) is 0.187. The van der Waals surface area contributed by atoms with E-state index in [0.29, 0.717) is 5.75 Å². The smallest absolute Gasteiger partial charge is 0.508 e. The number of aromatic hydroxyl groups is 1. The van der Waals surface area contributed by atoms with Crippen molar-refractivity contribution in [2.24, 2.45) is 0 Å². The number of para-hydroxylation sites is 1. The number of phenols is 1. The van der Waals surface area contributed by atoms with Gasteiger partial charge in [-0.25, -0.2) is 0 Å². The predicted octanol–water partition coefficient (Wildman–Crippen LogP) is 1.91.